The number of hydrogen-bond acceptors (Lipinski definition) is 1. The van der Waals surface area contributed by atoms with Gasteiger partial charge >= 0.3 is 0 Å². The van der Waals surface area contributed by atoms with Crippen LogP contribution in [0.25, 0.3) is 33.0 Å². The van der Waals surface area contributed by atoms with E-state index < -0.39 is 165 Å². The predicted molar refractivity (Wildman–Crippen MR) is 125 cm³/mol. The van der Waals surface area contributed by atoms with Crippen LogP contribution in [0.15, 0.2) is 121 Å². The molecule has 0 aliphatic rings. The molecule has 29 heavy (non-hydrogen) atoms. The van der Waals surface area contributed by atoms with Crippen molar-refractivity contribution in [2.24, 2.45) is 0 Å². The van der Waals surface area contributed by atoms with E-state index in [0.717, 1.165) is 0 Å². The lowest BCUT2D eigenvalue weighted by atomic mass is 9.98. The summed E-state index contributed by atoms with van der Waals surface area (Å²) in [7, 11) is 0. The van der Waals surface area contributed by atoms with Gasteiger partial charge in [0.15, 0.2) is 0 Å². The van der Waals surface area contributed by atoms with Crippen LogP contribution in [0.5, 0.6) is 0 Å². The highest BCUT2D eigenvalue weighted by molar-refractivity contribution is 5.96. The molecule has 0 bridgehead atoms. The normalized spacial score (nSPS) is 20.4. The molecule has 0 atom stereocenters. The fourth-order valence-corrected chi connectivity index (χ4v) is 2.50. The summed E-state index contributed by atoms with van der Waals surface area (Å²) in [6.45, 7) is 0. The molecule has 0 amide bonds. The molecular weight excluding hydrogens is 350 g/mol. The van der Waals surface area contributed by atoms with Crippen LogP contribution in [0.1, 0.15) is 27.4 Å². The van der Waals surface area contributed by atoms with E-state index in [1.807, 2.05) is 0 Å². The van der Waals surface area contributed by atoms with Gasteiger partial charge < -0.3 is 5.32 Å². The van der Waals surface area contributed by atoms with Crippen LogP contribution in [0, 0.1) is 0 Å². The summed E-state index contributed by atoms with van der Waals surface area (Å²) in [6.07, 6.45) is 0. The minimum Gasteiger partial charge on any atom is -0.356 e. The van der Waals surface area contributed by atoms with Crippen molar-refractivity contribution in [3.05, 3.63) is 121 Å². The van der Waals surface area contributed by atoms with Crippen LogP contribution >= 0.6 is 0 Å². The summed E-state index contributed by atoms with van der Waals surface area (Å²) < 4.78 is 167. The molecule has 0 radical (unpaired) electrons. The lowest BCUT2D eigenvalue weighted by Crippen LogP contribution is -1.90. The molecular formula is C28H21N. The highest BCUT2D eigenvalue weighted by atomic mass is 14.9. The van der Waals surface area contributed by atoms with Gasteiger partial charge in [-0.2, -0.15) is 0 Å². The number of hydrogen-bond donors (Lipinski definition) is 1. The Balaban J connectivity index is 1.78. The Labute approximate surface area is 199 Å². The van der Waals surface area contributed by atoms with Crippen molar-refractivity contribution in [2.45, 2.75) is 0 Å². The Hall–Kier alpha value is -3.84. The molecule has 0 heterocycles. The van der Waals surface area contributed by atoms with Gasteiger partial charge in [-0.3, -0.25) is 0 Å². The van der Waals surface area contributed by atoms with Crippen molar-refractivity contribution in [2.75, 3.05) is 5.32 Å². The van der Waals surface area contributed by atoms with Crippen LogP contribution in [-0.4, -0.2) is 0 Å². The van der Waals surface area contributed by atoms with Crippen molar-refractivity contribution in [3.8, 4) is 22.3 Å². The number of fused-ring (bicyclic) bond motifs is 1. The lowest BCUT2D eigenvalue weighted by Gasteiger charge is -2.10. The Morgan fingerprint density at radius 3 is 1.72 bits per heavy atom. The molecule has 0 aromatic heterocycles. The quantitative estimate of drug-likeness (QED) is 0.328. The van der Waals surface area contributed by atoms with Crippen LogP contribution in [0.2, 0.25) is 0 Å². The van der Waals surface area contributed by atoms with E-state index in [0.29, 0.717) is 0 Å². The molecule has 0 unspecified atom stereocenters. The van der Waals surface area contributed by atoms with Gasteiger partial charge in [0.2, 0.25) is 0 Å². The third kappa shape index (κ3) is 3.63. The van der Waals surface area contributed by atoms with Gasteiger partial charge in [-0.05, 0) is 57.2 Å². The van der Waals surface area contributed by atoms with E-state index in [9.17, 15) is 0 Å². The lowest BCUT2D eigenvalue weighted by molar-refractivity contribution is 1.54. The smallest absolute Gasteiger partial charge is 0.0645 e. The second-order valence-electron chi connectivity index (χ2n) is 5.62. The standard InChI is InChI=1S/C28H21N/c1-2-7-21(8-3-1)22-13-17-25(18-14-22)29-26-19-15-24(16-20-26)28-12-6-10-23-9-4-5-11-27(23)28/h1-20,29H/i1D,2D,3D,4D,5D,6D,7D,8D,9D,10D,11D,12D,13D,14D,15D,16D,17D,18D,19D,20D. The van der Waals surface area contributed by atoms with Gasteiger partial charge in [0.05, 0.1) is 27.4 Å². The zero-order valence-electron chi connectivity index (χ0n) is 34.5. The summed E-state index contributed by atoms with van der Waals surface area (Å²) in [6, 6.07) is -15.9. The third-order valence-electron chi connectivity index (χ3n) is 3.81. The topological polar surface area (TPSA) is 12.0 Å². The molecule has 5 aromatic rings. The van der Waals surface area contributed by atoms with Gasteiger partial charge in [0.1, 0.15) is 0 Å². The predicted octanol–water partition coefficient (Wildman–Crippen LogP) is 7.92. The molecule has 5 rings (SSSR count). The SMILES string of the molecule is [2H]c1c([2H])c([2H])c(-c2c([2H])c([2H])c(Nc3c([2H])c([2H])c(-c4c([2H])c([2H])c([2H])c5c([2H])c([2H])c([2H])c([2H])c45)c([2H])c3[2H])c([2H])c2[2H])c([2H])c1[2H]. The molecule has 0 saturated carbocycles. The number of anilines is 2. The molecule has 5 aromatic carbocycles. The molecule has 0 spiro atoms. The monoisotopic (exact) mass is 391 g/mol. The van der Waals surface area contributed by atoms with Gasteiger partial charge in [0, 0.05) is 11.4 Å². The molecule has 0 aliphatic heterocycles. The maximum absolute atomic E-state index is 8.76. The Kier molecular flexibility index (Phi) is 1.60. The van der Waals surface area contributed by atoms with Gasteiger partial charge in [-0.1, -0.05) is 96.7 Å². The Bertz CT molecular complexity index is 2220. The average Bonchev–Trinajstić information content (AvgIpc) is 3.07. The van der Waals surface area contributed by atoms with E-state index in [1.54, 1.807) is 0 Å². The summed E-state index contributed by atoms with van der Waals surface area (Å²) in [5.41, 5.74) is -3.70. The fourth-order valence-electron chi connectivity index (χ4n) is 2.50. The molecule has 0 fully saturated rings. The van der Waals surface area contributed by atoms with E-state index in [1.165, 1.54) is 0 Å². The molecule has 0 aliphatic carbocycles. The van der Waals surface area contributed by atoms with Crippen molar-refractivity contribution in [3.63, 3.8) is 0 Å². The maximum atomic E-state index is 8.76. The van der Waals surface area contributed by atoms with Crippen LogP contribution in [-0.2, 0) is 0 Å². The molecule has 1 N–H and O–H groups in total. The summed E-state index contributed by atoms with van der Waals surface area (Å²) >= 11 is 0. The first kappa shape index (κ1) is 6.08. The molecule has 0 saturated heterocycles. The first-order valence-corrected chi connectivity index (χ1v) is 8.25. The number of nitrogens with one attached hydrogen (secondary N) is 1. The van der Waals surface area contributed by atoms with Crippen molar-refractivity contribution >= 4 is 22.1 Å². The number of benzene rings is 5. The highest BCUT2D eigenvalue weighted by Gasteiger charge is 2.04. The zero-order chi connectivity index (χ0) is 36.9. The van der Waals surface area contributed by atoms with Crippen molar-refractivity contribution < 1.29 is 27.4 Å². The van der Waals surface area contributed by atoms with Gasteiger partial charge in [-0.25, -0.2) is 0 Å². The van der Waals surface area contributed by atoms with Crippen LogP contribution in [0.4, 0.5) is 11.4 Å². The molecule has 1 heteroatoms. The second-order valence-corrected chi connectivity index (χ2v) is 5.62. The van der Waals surface area contributed by atoms with Crippen LogP contribution < -0.4 is 5.32 Å². The summed E-state index contributed by atoms with van der Waals surface area (Å²) in [5.74, 6) is 0. The first-order valence-electron chi connectivity index (χ1n) is 18.2. The largest absolute Gasteiger partial charge is 0.356 e. The van der Waals surface area contributed by atoms with Gasteiger partial charge in [0.25, 0.3) is 0 Å². The first-order chi connectivity index (χ1) is 22.7. The van der Waals surface area contributed by atoms with Gasteiger partial charge in [-0.15, -0.1) is 0 Å². The van der Waals surface area contributed by atoms with E-state index in [2.05, 4.69) is 5.32 Å². The second kappa shape index (κ2) is 7.65. The zero-order valence-corrected chi connectivity index (χ0v) is 14.5. The Morgan fingerprint density at radius 2 is 1.00 bits per heavy atom. The van der Waals surface area contributed by atoms with Crippen LogP contribution in [0.3, 0.4) is 0 Å². The van der Waals surface area contributed by atoms with Crippen molar-refractivity contribution in [1.29, 1.82) is 0 Å². The maximum Gasteiger partial charge on any atom is 0.0645 e. The fraction of sp³-hybridized carbons (Fsp3) is 0. The van der Waals surface area contributed by atoms with E-state index >= 15 is 0 Å². The van der Waals surface area contributed by atoms with Crippen molar-refractivity contribution in [1.82, 2.24) is 0 Å². The third-order valence-corrected chi connectivity index (χ3v) is 3.81. The minimum atomic E-state index is -0.867. The molecule has 138 valence electrons. The van der Waals surface area contributed by atoms with E-state index in [4.69, 9.17) is 27.4 Å². The van der Waals surface area contributed by atoms with E-state index in [-0.39, 0.29) is 0 Å². The highest BCUT2D eigenvalue weighted by Crippen LogP contribution is 2.30. The minimum absolute atomic E-state index is 0.469. The number of rotatable bonds is 4. The summed E-state index contributed by atoms with van der Waals surface area (Å²) in [4.78, 5) is 0. The molecule has 1 nitrogen and oxygen atoms in total. The average molecular weight is 392 g/mol. The Morgan fingerprint density at radius 1 is 0.448 bits per heavy atom. The summed E-state index contributed by atoms with van der Waals surface area (Å²) in [5, 5.41) is 1.47.